The molecule has 190 valence electrons. The Hall–Kier alpha value is -1.85. The molecule has 0 fully saturated rings. The molecule has 1 unspecified atom stereocenters. The second kappa shape index (κ2) is 9.66. The maximum absolute atomic E-state index is 13.3. The smallest absolute Gasteiger partial charge is 0.462 e. The molecule has 0 saturated carbocycles. The van der Waals surface area contributed by atoms with Crippen LogP contribution < -0.4 is 4.18 Å². The first kappa shape index (κ1) is 28.4. The van der Waals surface area contributed by atoms with Gasteiger partial charge in [0, 0.05) is 15.4 Å². The van der Waals surface area contributed by atoms with Gasteiger partial charge in [-0.25, -0.2) is 0 Å². The number of aryl methyl sites for hydroxylation is 1. The lowest BCUT2D eigenvalue weighted by Crippen LogP contribution is -2.31. The predicted molar refractivity (Wildman–Crippen MR) is 126 cm³/mol. The van der Waals surface area contributed by atoms with Gasteiger partial charge in [0.1, 0.15) is 12.7 Å². The van der Waals surface area contributed by atoms with Crippen molar-refractivity contribution >= 4 is 42.8 Å². The van der Waals surface area contributed by atoms with Crippen LogP contribution in [0.15, 0.2) is 28.7 Å². The normalized spacial score (nSPS) is 14.2. The molecule has 0 bridgehead atoms. The number of esters is 1. The van der Waals surface area contributed by atoms with Gasteiger partial charge in [-0.2, -0.15) is 21.6 Å². The number of halogens is 4. The van der Waals surface area contributed by atoms with E-state index < -0.39 is 44.5 Å². The molecule has 0 aliphatic rings. The zero-order chi connectivity index (χ0) is 26.3. The number of benzene rings is 2. The molecule has 0 heterocycles. The Bertz CT molecular complexity index is 1180. The molecular formula is C23H28BrF3O6S. The Kier molecular flexibility index (Phi) is 8.06. The Morgan fingerprint density at radius 3 is 2.15 bits per heavy atom. The van der Waals surface area contributed by atoms with E-state index in [-0.39, 0.29) is 17.6 Å². The zero-order valence-electron chi connectivity index (χ0n) is 20.0. The summed E-state index contributed by atoms with van der Waals surface area (Å²) in [6.07, 6.45) is -1.12. The van der Waals surface area contributed by atoms with Crippen molar-refractivity contribution in [2.24, 2.45) is 5.41 Å². The first-order valence-electron chi connectivity index (χ1n) is 10.3. The summed E-state index contributed by atoms with van der Waals surface area (Å²) < 4.78 is 80.5. The number of carbonyl (C=O) groups excluding carboxylic acids is 1. The molecule has 11 heteroatoms. The minimum atomic E-state index is -6.00. The summed E-state index contributed by atoms with van der Waals surface area (Å²) in [5.74, 6) is -1.09. The van der Waals surface area contributed by atoms with Crippen molar-refractivity contribution in [3.63, 3.8) is 0 Å². The van der Waals surface area contributed by atoms with E-state index in [0.29, 0.717) is 15.4 Å². The summed E-state index contributed by atoms with van der Waals surface area (Å²) in [6, 6.07) is 6.41. The molecule has 0 aromatic heterocycles. The fraction of sp³-hybridized carbons (Fsp3) is 0.522. The van der Waals surface area contributed by atoms with Crippen LogP contribution in [0.4, 0.5) is 13.2 Å². The monoisotopic (exact) mass is 568 g/mol. The number of hydrogen-bond acceptors (Lipinski definition) is 6. The minimum absolute atomic E-state index is 0.0371. The lowest BCUT2D eigenvalue weighted by molar-refractivity contribution is -0.162. The molecule has 2 aromatic carbocycles. The van der Waals surface area contributed by atoms with Gasteiger partial charge in [0.05, 0.1) is 11.0 Å². The fourth-order valence-electron chi connectivity index (χ4n) is 3.10. The van der Waals surface area contributed by atoms with Gasteiger partial charge < -0.3 is 13.7 Å². The molecule has 0 saturated heterocycles. The van der Waals surface area contributed by atoms with Gasteiger partial charge in [0.15, 0.2) is 5.75 Å². The van der Waals surface area contributed by atoms with Gasteiger partial charge in [0.2, 0.25) is 0 Å². The number of hydrogen-bond donors (Lipinski definition) is 0. The molecule has 0 N–H and O–H groups in total. The molecule has 0 spiro atoms. The molecule has 0 amide bonds. The quantitative estimate of drug-likeness (QED) is 0.222. The lowest BCUT2D eigenvalue weighted by atomic mass is 9.95. The van der Waals surface area contributed by atoms with Crippen molar-refractivity contribution in [3.8, 4) is 5.75 Å². The fourth-order valence-corrected chi connectivity index (χ4v) is 3.96. The number of alkyl halides is 3. The van der Waals surface area contributed by atoms with Gasteiger partial charge in [-0.15, -0.1) is 0 Å². The van der Waals surface area contributed by atoms with E-state index in [1.54, 1.807) is 66.7 Å². The van der Waals surface area contributed by atoms with Crippen LogP contribution in [0, 0.1) is 12.3 Å². The molecular weight excluding hydrogens is 541 g/mol. The summed E-state index contributed by atoms with van der Waals surface area (Å²) in [6.45, 7) is 11.3. The molecule has 1 atom stereocenters. The average molecular weight is 569 g/mol. The van der Waals surface area contributed by atoms with Crippen molar-refractivity contribution < 1.29 is 40.0 Å². The molecule has 34 heavy (non-hydrogen) atoms. The summed E-state index contributed by atoms with van der Waals surface area (Å²) in [7, 11) is -6.00. The van der Waals surface area contributed by atoms with Crippen LogP contribution in [-0.4, -0.2) is 32.1 Å². The third-order valence-electron chi connectivity index (χ3n) is 4.57. The maximum Gasteiger partial charge on any atom is 0.534 e. The highest BCUT2D eigenvalue weighted by molar-refractivity contribution is 9.10. The molecule has 0 radical (unpaired) electrons. The SMILES string of the molecule is Cc1cc2ccc(Br)cc2c(OS(=O)(=O)C(F)(F)F)c1C(COC(=O)C(C)(C)C)OC(C)(C)C. The minimum Gasteiger partial charge on any atom is -0.462 e. The number of carbonyl (C=O) groups is 1. The Labute approximate surface area is 206 Å². The summed E-state index contributed by atoms with van der Waals surface area (Å²) in [5.41, 5.74) is -6.87. The Morgan fingerprint density at radius 2 is 1.65 bits per heavy atom. The van der Waals surface area contributed by atoms with Gasteiger partial charge in [-0.05, 0) is 71.5 Å². The van der Waals surface area contributed by atoms with Gasteiger partial charge in [0.25, 0.3) is 0 Å². The Morgan fingerprint density at radius 1 is 1.06 bits per heavy atom. The number of ether oxygens (including phenoxy) is 2. The average Bonchev–Trinajstić information content (AvgIpc) is 2.63. The van der Waals surface area contributed by atoms with Crippen LogP contribution in [0.1, 0.15) is 58.8 Å². The maximum atomic E-state index is 13.3. The van der Waals surface area contributed by atoms with Crippen molar-refractivity contribution in [2.75, 3.05) is 6.61 Å². The van der Waals surface area contributed by atoms with Gasteiger partial charge in [-0.1, -0.05) is 28.1 Å². The standard InChI is InChI=1S/C23H28BrF3O6S/c1-13-10-14-8-9-15(24)11-16(14)19(33-34(29,30)23(25,26)27)18(13)17(32-22(5,6)7)12-31-20(28)21(2,3)4/h8-11,17H,12H2,1-7H3. The largest absolute Gasteiger partial charge is 0.534 e. The van der Waals surface area contributed by atoms with E-state index in [4.69, 9.17) is 13.7 Å². The second-order valence-electron chi connectivity index (χ2n) is 9.85. The first-order chi connectivity index (χ1) is 15.2. The topological polar surface area (TPSA) is 78.9 Å². The van der Waals surface area contributed by atoms with Gasteiger partial charge >= 0.3 is 21.6 Å². The van der Waals surface area contributed by atoms with Crippen molar-refractivity contribution in [2.45, 2.75) is 65.7 Å². The van der Waals surface area contributed by atoms with E-state index in [1.165, 1.54) is 6.07 Å². The third kappa shape index (κ3) is 6.85. The van der Waals surface area contributed by atoms with E-state index >= 15 is 0 Å². The van der Waals surface area contributed by atoms with E-state index in [2.05, 4.69) is 15.9 Å². The highest BCUT2D eigenvalue weighted by Gasteiger charge is 2.49. The van der Waals surface area contributed by atoms with Crippen LogP contribution in [-0.2, 0) is 24.4 Å². The third-order valence-corrected chi connectivity index (χ3v) is 6.02. The Balaban J connectivity index is 2.79. The molecule has 0 aliphatic carbocycles. The summed E-state index contributed by atoms with van der Waals surface area (Å²) in [5, 5.41) is 0.575. The molecule has 0 aliphatic heterocycles. The molecule has 6 nitrogen and oxygen atoms in total. The summed E-state index contributed by atoms with van der Waals surface area (Å²) in [4.78, 5) is 12.4. The van der Waals surface area contributed by atoms with Crippen molar-refractivity contribution in [3.05, 3.63) is 39.9 Å². The first-order valence-corrected chi connectivity index (χ1v) is 12.5. The number of rotatable bonds is 6. The molecule has 2 rings (SSSR count). The van der Waals surface area contributed by atoms with Crippen molar-refractivity contribution in [1.82, 2.24) is 0 Å². The number of fused-ring (bicyclic) bond motifs is 1. The van der Waals surface area contributed by atoms with Crippen LogP contribution in [0.3, 0.4) is 0 Å². The second-order valence-corrected chi connectivity index (χ2v) is 12.3. The highest BCUT2D eigenvalue weighted by atomic mass is 79.9. The summed E-state index contributed by atoms with van der Waals surface area (Å²) >= 11 is 3.26. The zero-order valence-corrected chi connectivity index (χ0v) is 22.4. The van der Waals surface area contributed by atoms with Crippen LogP contribution in [0.2, 0.25) is 0 Å². The predicted octanol–water partition coefficient (Wildman–Crippen LogP) is 6.58. The van der Waals surface area contributed by atoms with E-state index in [1.807, 2.05) is 0 Å². The van der Waals surface area contributed by atoms with E-state index in [9.17, 15) is 26.4 Å². The van der Waals surface area contributed by atoms with Gasteiger partial charge in [-0.3, -0.25) is 4.79 Å². The van der Waals surface area contributed by atoms with Crippen LogP contribution in [0.25, 0.3) is 10.8 Å². The molecule has 2 aromatic rings. The van der Waals surface area contributed by atoms with Crippen LogP contribution in [0.5, 0.6) is 5.75 Å². The highest BCUT2D eigenvalue weighted by Crippen LogP contribution is 2.42. The van der Waals surface area contributed by atoms with Crippen molar-refractivity contribution in [1.29, 1.82) is 0 Å². The van der Waals surface area contributed by atoms with Crippen LogP contribution >= 0.6 is 15.9 Å². The van der Waals surface area contributed by atoms with E-state index in [0.717, 1.165) is 0 Å². The lowest BCUT2D eigenvalue weighted by Gasteiger charge is -2.31.